The molecule has 134 valence electrons. The smallest absolute Gasteiger partial charge is 0.215 e. The molecule has 1 unspecified atom stereocenters. The van der Waals surface area contributed by atoms with E-state index < -0.39 is 10.0 Å². The van der Waals surface area contributed by atoms with Crippen LogP contribution in [0.4, 0.5) is 5.69 Å². The Morgan fingerprint density at radius 1 is 1.12 bits per heavy atom. The van der Waals surface area contributed by atoms with Crippen LogP contribution >= 0.6 is 0 Å². The molecule has 0 saturated carbocycles. The third-order valence-corrected chi connectivity index (χ3v) is 5.83. The Morgan fingerprint density at radius 3 is 2.52 bits per heavy atom. The summed E-state index contributed by atoms with van der Waals surface area (Å²) in [5.41, 5.74) is 1.96. The lowest BCUT2D eigenvalue weighted by Crippen LogP contribution is -2.31. The van der Waals surface area contributed by atoms with E-state index in [0.29, 0.717) is 12.5 Å². The second-order valence-corrected chi connectivity index (χ2v) is 8.20. The predicted octanol–water partition coefficient (Wildman–Crippen LogP) is 2.64. The Morgan fingerprint density at radius 2 is 1.84 bits per heavy atom. The molecule has 1 fully saturated rings. The molecule has 0 aromatic heterocycles. The predicted molar refractivity (Wildman–Crippen MR) is 100 cm³/mol. The van der Waals surface area contributed by atoms with E-state index in [-0.39, 0.29) is 5.75 Å². The first-order valence-corrected chi connectivity index (χ1v) is 10.1. The van der Waals surface area contributed by atoms with Crippen LogP contribution in [0, 0.1) is 5.92 Å². The zero-order valence-electron chi connectivity index (χ0n) is 14.4. The molecule has 2 aromatic carbocycles. The molecule has 5 nitrogen and oxygen atoms in total. The second-order valence-electron chi connectivity index (χ2n) is 6.39. The van der Waals surface area contributed by atoms with E-state index in [1.54, 1.807) is 7.11 Å². The summed E-state index contributed by atoms with van der Waals surface area (Å²) >= 11 is 0. The molecule has 0 amide bonds. The van der Waals surface area contributed by atoms with E-state index in [9.17, 15) is 8.42 Å². The van der Waals surface area contributed by atoms with Crippen LogP contribution in [-0.2, 0) is 15.8 Å². The molecule has 2 aromatic rings. The molecule has 0 bridgehead atoms. The summed E-state index contributed by atoms with van der Waals surface area (Å²) < 4.78 is 32.4. The van der Waals surface area contributed by atoms with Crippen LogP contribution in [0.5, 0.6) is 5.75 Å². The third kappa shape index (κ3) is 4.96. The van der Waals surface area contributed by atoms with Gasteiger partial charge in [-0.15, -0.1) is 0 Å². The Bertz CT molecular complexity index is 776. The van der Waals surface area contributed by atoms with E-state index in [1.165, 1.54) is 0 Å². The first-order valence-electron chi connectivity index (χ1n) is 8.46. The molecule has 0 radical (unpaired) electrons. The molecule has 1 saturated heterocycles. The van der Waals surface area contributed by atoms with Crippen LogP contribution in [-0.4, -0.2) is 35.2 Å². The molecule has 25 heavy (non-hydrogen) atoms. The number of sulfonamides is 1. The molecule has 3 rings (SSSR count). The molecule has 1 N–H and O–H groups in total. The zero-order valence-corrected chi connectivity index (χ0v) is 15.2. The van der Waals surface area contributed by atoms with Gasteiger partial charge in [-0.1, -0.05) is 30.3 Å². The zero-order chi connectivity index (χ0) is 17.7. The van der Waals surface area contributed by atoms with Crippen LogP contribution in [0.2, 0.25) is 0 Å². The summed E-state index contributed by atoms with van der Waals surface area (Å²) in [7, 11) is -1.64. The summed E-state index contributed by atoms with van der Waals surface area (Å²) in [6, 6.07) is 17.2. The van der Waals surface area contributed by atoms with Gasteiger partial charge in [-0.25, -0.2) is 13.1 Å². The minimum absolute atomic E-state index is 0.0305. The van der Waals surface area contributed by atoms with Gasteiger partial charge < -0.3 is 9.64 Å². The topological polar surface area (TPSA) is 58.6 Å². The van der Waals surface area contributed by atoms with Crippen molar-refractivity contribution < 1.29 is 13.2 Å². The van der Waals surface area contributed by atoms with Crippen molar-refractivity contribution in [3.8, 4) is 5.75 Å². The maximum absolute atomic E-state index is 12.2. The lowest BCUT2D eigenvalue weighted by Gasteiger charge is -2.19. The van der Waals surface area contributed by atoms with Gasteiger partial charge in [0, 0.05) is 25.3 Å². The van der Waals surface area contributed by atoms with Crippen molar-refractivity contribution >= 4 is 15.7 Å². The van der Waals surface area contributed by atoms with Gasteiger partial charge in [0.25, 0.3) is 0 Å². The largest absolute Gasteiger partial charge is 0.497 e. The number of hydrogen-bond acceptors (Lipinski definition) is 4. The Hall–Kier alpha value is -2.05. The standard InChI is InChI=1S/C19H24N2O3S/c1-24-19-9-7-18(8-10-19)21-12-11-17(14-21)13-20-25(22,23)15-16-5-3-2-4-6-16/h2-10,17,20H,11-15H2,1H3. The minimum atomic E-state index is -3.30. The number of benzene rings is 2. The third-order valence-electron chi connectivity index (χ3n) is 4.51. The minimum Gasteiger partial charge on any atom is -0.497 e. The summed E-state index contributed by atoms with van der Waals surface area (Å²) in [6.07, 6.45) is 0.986. The summed E-state index contributed by atoms with van der Waals surface area (Å²) in [4.78, 5) is 2.29. The molecule has 0 spiro atoms. The molecule has 1 atom stereocenters. The highest BCUT2D eigenvalue weighted by atomic mass is 32.2. The van der Waals surface area contributed by atoms with E-state index in [1.807, 2.05) is 54.6 Å². The van der Waals surface area contributed by atoms with Crippen molar-refractivity contribution in [2.24, 2.45) is 5.92 Å². The van der Waals surface area contributed by atoms with Crippen molar-refractivity contribution in [3.63, 3.8) is 0 Å². The van der Waals surface area contributed by atoms with Crippen LogP contribution in [0.25, 0.3) is 0 Å². The number of nitrogens with one attached hydrogen (secondary N) is 1. The number of ether oxygens (including phenoxy) is 1. The number of methoxy groups -OCH3 is 1. The van der Waals surface area contributed by atoms with Gasteiger partial charge in [0.2, 0.25) is 10.0 Å². The van der Waals surface area contributed by atoms with Crippen LogP contribution in [0.1, 0.15) is 12.0 Å². The molecule has 1 heterocycles. The average Bonchev–Trinajstić information content (AvgIpc) is 3.10. The lowest BCUT2D eigenvalue weighted by atomic mass is 10.1. The maximum atomic E-state index is 12.2. The lowest BCUT2D eigenvalue weighted by molar-refractivity contribution is 0.415. The Balaban J connectivity index is 1.51. The van der Waals surface area contributed by atoms with Crippen molar-refractivity contribution in [1.29, 1.82) is 0 Å². The summed E-state index contributed by atoms with van der Waals surface area (Å²) in [5.74, 6) is 1.20. The van der Waals surface area contributed by atoms with Gasteiger partial charge in [0.15, 0.2) is 0 Å². The summed E-state index contributed by atoms with van der Waals surface area (Å²) in [5, 5.41) is 0. The van der Waals surface area contributed by atoms with Crippen molar-refractivity contribution in [3.05, 3.63) is 60.2 Å². The number of nitrogens with zero attached hydrogens (tertiary/aromatic N) is 1. The highest BCUT2D eigenvalue weighted by molar-refractivity contribution is 7.88. The molecule has 0 aliphatic carbocycles. The van der Waals surface area contributed by atoms with Gasteiger partial charge >= 0.3 is 0 Å². The Labute approximate surface area is 149 Å². The van der Waals surface area contributed by atoms with E-state index in [2.05, 4.69) is 9.62 Å². The normalized spacial score (nSPS) is 17.6. The van der Waals surface area contributed by atoms with Gasteiger partial charge in [-0.3, -0.25) is 0 Å². The van der Waals surface area contributed by atoms with E-state index >= 15 is 0 Å². The maximum Gasteiger partial charge on any atom is 0.215 e. The molecule has 1 aliphatic heterocycles. The van der Waals surface area contributed by atoms with Crippen molar-refractivity contribution in [2.75, 3.05) is 31.6 Å². The fraction of sp³-hybridized carbons (Fsp3) is 0.368. The van der Waals surface area contributed by atoms with Crippen molar-refractivity contribution in [1.82, 2.24) is 4.72 Å². The monoisotopic (exact) mass is 360 g/mol. The molecule has 6 heteroatoms. The number of anilines is 1. The van der Waals surface area contributed by atoms with E-state index in [0.717, 1.165) is 36.5 Å². The van der Waals surface area contributed by atoms with E-state index in [4.69, 9.17) is 4.74 Å². The molecular weight excluding hydrogens is 336 g/mol. The average molecular weight is 360 g/mol. The van der Waals surface area contributed by atoms with Crippen LogP contribution in [0.3, 0.4) is 0 Å². The first-order chi connectivity index (χ1) is 12.1. The number of hydrogen-bond donors (Lipinski definition) is 1. The highest BCUT2D eigenvalue weighted by Crippen LogP contribution is 2.25. The second kappa shape index (κ2) is 7.89. The first kappa shape index (κ1) is 17.8. The van der Waals surface area contributed by atoms with Gasteiger partial charge in [0.1, 0.15) is 5.75 Å². The fourth-order valence-electron chi connectivity index (χ4n) is 3.12. The molecular formula is C19H24N2O3S. The van der Waals surface area contributed by atoms with Gasteiger partial charge in [0.05, 0.1) is 12.9 Å². The van der Waals surface area contributed by atoms with Gasteiger partial charge in [-0.2, -0.15) is 0 Å². The Kier molecular flexibility index (Phi) is 5.60. The van der Waals surface area contributed by atoms with Crippen LogP contribution in [0.15, 0.2) is 54.6 Å². The van der Waals surface area contributed by atoms with Crippen LogP contribution < -0.4 is 14.4 Å². The summed E-state index contributed by atoms with van der Waals surface area (Å²) in [6.45, 7) is 2.29. The van der Waals surface area contributed by atoms with Gasteiger partial charge in [-0.05, 0) is 42.2 Å². The highest BCUT2D eigenvalue weighted by Gasteiger charge is 2.24. The fourth-order valence-corrected chi connectivity index (χ4v) is 4.34. The molecule has 1 aliphatic rings. The number of rotatable bonds is 7. The SMILES string of the molecule is COc1ccc(N2CCC(CNS(=O)(=O)Cc3ccccc3)C2)cc1. The van der Waals surface area contributed by atoms with Crippen molar-refractivity contribution in [2.45, 2.75) is 12.2 Å². The quantitative estimate of drug-likeness (QED) is 0.825.